The van der Waals surface area contributed by atoms with Crippen molar-refractivity contribution in [2.45, 2.75) is 6.42 Å². The first-order valence-electron chi connectivity index (χ1n) is 5.03. The molecule has 1 aliphatic heterocycles. The second-order valence-corrected chi connectivity index (χ2v) is 3.58. The van der Waals surface area contributed by atoms with Crippen molar-refractivity contribution in [3.05, 3.63) is 23.8 Å². The summed E-state index contributed by atoms with van der Waals surface area (Å²) in [6.45, 7) is 0.198. The summed E-state index contributed by atoms with van der Waals surface area (Å²) in [4.78, 5) is 11.3. The van der Waals surface area contributed by atoms with E-state index >= 15 is 0 Å². The SMILES string of the molecule is N#CC(Cc1ccc2c(c1)OCO2)C(=O)NN. The van der Waals surface area contributed by atoms with Crippen molar-refractivity contribution in [3.63, 3.8) is 0 Å². The molecular weight excluding hydrogens is 222 g/mol. The van der Waals surface area contributed by atoms with Crippen molar-refractivity contribution in [2.24, 2.45) is 11.8 Å². The number of ether oxygens (including phenoxy) is 2. The fourth-order valence-corrected chi connectivity index (χ4v) is 1.60. The van der Waals surface area contributed by atoms with Crippen LogP contribution < -0.4 is 20.7 Å². The molecular formula is C11H11N3O3. The molecule has 0 fully saturated rings. The van der Waals surface area contributed by atoms with Crippen LogP contribution in [-0.2, 0) is 11.2 Å². The minimum Gasteiger partial charge on any atom is -0.454 e. The highest BCUT2D eigenvalue weighted by atomic mass is 16.7. The maximum Gasteiger partial charge on any atom is 0.251 e. The van der Waals surface area contributed by atoms with E-state index in [0.29, 0.717) is 11.5 Å². The molecule has 1 amide bonds. The number of rotatable bonds is 3. The van der Waals surface area contributed by atoms with Gasteiger partial charge in [-0.2, -0.15) is 5.26 Å². The van der Waals surface area contributed by atoms with E-state index in [1.807, 2.05) is 11.5 Å². The van der Waals surface area contributed by atoms with Gasteiger partial charge in [-0.25, -0.2) is 5.84 Å². The lowest BCUT2D eigenvalue weighted by Gasteiger charge is -2.07. The Hall–Kier alpha value is -2.26. The number of carbonyl (C=O) groups is 1. The van der Waals surface area contributed by atoms with Crippen molar-refractivity contribution in [2.75, 3.05) is 6.79 Å². The second kappa shape index (κ2) is 4.72. The van der Waals surface area contributed by atoms with Gasteiger partial charge in [-0.05, 0) is 24.1 Å². The molecule has 0 bridgehead atoms. The molecule has 0 aliphatic carbocycles. The summed E-state index contributed by atoms with van der Waals surface area (Å²) in [6.07, 6.45) is 0.288. The van der Waals surface area contributed by atoms with Gasteiger partial charge in [-0.15, -0.1) is 0 Å². The molecule has 1 atom stereocenters. The Labute approximate surface area is 97.9 Å². The lowest BCUT2D eigenvalue weighted by atomic mass is 10.00. The van der Waals surface area contributed by atoms with Gasteiger partial charge in [-0.3, -0.25) is 10.2 Å². The Morgan fingerprint density at radius 3 is 3.00 bits per heavy atom. The van der Waals surface area contributed by atoms with Crippen LogP contribution in [-0.4, -0.2) is 12.7 Å². The van der Waals surface area contributed by atoms with E-state index in [1.54, 1.807) is 18.2 Å². The van der Waals surface area contributed by atoms with Gasteiger partial charge < -0.3 is 9.47 Å². The molecule has 88 valence electrons. The second-order valence-electron chi connectivity index (χ2n) is 3.58. The van der Waals surface area contributed by atoms with Crippen LogP contribution in [0.25, 0.3) is 0 Å². The summed E-state index contributed by atoms with van der Waals surface area (Å²) in [5.74, 6) is 5.00. The largest absolute Gasteiger partial charge is 0.454 e. The average Bonchev–Trinajstić information content (AvgIpc) is 2.82. The summed E-state index contributed by atoms with van der Waals surface area (Å²) in [6, 6.07) is 7.21. The minimum absolute atomic E-state index is 0.198. The summed E-state index contributed by atoms with van der Waals surface area (Å²) in [5.41, 5.74) is 2.79. The number of hydrogen-bond acceptors (Lipinski definition) is 5. The Balaban J connectivity index is 2.13. The highest BCUT2D eigenvalue weighted by molar-refractivity contribution is 5.80. The van der Waals surface area contributed by atoms with Crippen LogP contribution in [0.1, 0.15) is 5.56 Å². The van der Waals surface area contributed by atoms with Gasteiger partial charge >= 0.3 is 0 Å². The van der Waals surface area contributed by atoms with Gasteiger partial charge in [0.25, 0.3) is 5.91 Å². The predicted molar refractivity (Wildman–Crippen MR) is 57.7 cm³/mol. The molecule has 3 N–H and O–H groups in total. The number of benzene rings is 1. The molecule has 0 radical (unpaired) electrons. The molecule has 0 spiro atoms. The van der Waals surface area contributed by atoms with Crippen molar-refractivity contribution in [1.29, 1.82) is 5.26 Å². The number of carbonyl (C=O) groups excluding carboxylic acids is 1. The van der Waals surface area contributed by atoms with Crippen molar-refractivity contribution in [1.82, 2.24) is 5.43 Å². The quantitative estimate of drug-likeness (QED) is 0.438. The number of hydrazine groups is 1. The molecule has 6 nitrogen and oxygen atoms in total. The number of amides is 1. The van der Waals surface area contributed by atoms with Crippen LogP contribution in [0.3, 0.4) is 0 Å². The van der Waals surface area contributed by atoms with E-state index in [9.17, 15) is 4.79 Å². The molecule has 1 aliphatic rings. The van der Waals surface area contributed by atoms with Crippen molar-refractivity contribution in [3.8, 4) is 17.6 Å². The van der Waals surface area contributed by atoms with E-state index in [2.05, 4.69) is 0 Å². The minimum atomic E-state index is -0.805. The number of fused-ring (bicyclic) bond motifs is 1. The van der Waals surface area contributed by atoms with Crippen LogP contribution in [0.5, 0.6) is 11.5 Å². The van der Waals surface area contributed by atoms with Gasteiger partial charge in [0.1, 0.15) is 5.92 Å². The summed E-state index contributed by atoms with van der Waals surface area (Å²) >= 11 is 0. The lowest BCUT2D eigenvalue weighted by molar-refractivity contribution is -0.123. The molecule has 1 unspecified atom stereocenters. The third kappa shape index (κ3) is 2.29. The summed E-state index contributed by atoms with van der Waals surface area (Å²) in [5, 5.41) is 8.86. The fourth-order valence-electron chi connectivity index (χ4n) is 1.60. The predicted octanol–water partition coefficient (Wildman–Crippen LogP) is 0.0875. The van der Waals surface area contributed by atoms with Crippen LogP contribution in [0, 0.1) is 17.2 Å². The van der Waals surface area contributed by atoms with Crippen molar-refractivity contribution < 1.29 is 14.3 Å². The standard InChI is InChI=1S/C11H11N3O3/c12-5-8(11(15)14-13)3-7-1-2-9-10(4-7)17-6-16-9/h1-2,4,8H,3,6,13H2,(H,14,15). The maximum absolute atomic E-state index is 11.3. The first kappa shape index (κ1) is 11.2. The number of nitrogens with two attached hydrogens (primary N) is 1. The van der Waals surface area contributed by atoms with E-state index in [4.69, 9.17) is 20.6 Å². The first-order valence-corrected chi connectivity index (χ1v) is 5.03. The van der Waals surface area contributed by atoms with E-state index in [-0.39, 0.29) is 13.2 Å². The smallest absolute Gasteiger partial charge is 0.251 e. The number of nitrogens with one attached hydrogen (secondary N) is 1. The van der Waals surface area contributed by atoms with Gasteiger partial charge in [0.2, 0.25) is 6.79 Å². The lowest BCUT2D eigenvalue weighted by Crippen LogP contribution is -2.36. The summed E-state index contributed by atoms with van der Waals surface area (Å²) < 4.78 is 10.4. The zero-order valence-corrected chi connectivity index (χ0v) is 8.97. The third-order valence-corrected chi connectivity index (χ3v) is 2.49. The molecule has 1 aromatic rings. The normalized spacial score (nSPS) is 13.9. The zero-order valence-electron chi connectivity index (χ0n) is 8.97. The Kier molecular flexibility index (Phi) is 3.12. The highest BCUT2D eigenvalue weighted by Crippen LogP contribution is 2.33. The number of nitriles is 1. The topological polar surface area (TPSA) is 97.4 Å². The first-order chi connectivity index (χ1) is 8.24. The number of nitrogens with zero attached hydrogens (tertiary/aromatic N) is 1. The van der Waals surface area contributed by atoms with Crippen LogP contribution >= 0.6 is 0 Å². The molecule has 6 heteroatoms. The molecule has 0 saturated heterocycles. The Morgan fingerprint density at radius 2 is 2.29 bits per heavy atom. The van der Waals surface area contributed by atoms with E-state index in [0.717, 1.165) is 5.56 Å². The molecule has 1 heterocycles. The maximum atomic E-state index is 11.3. The molecule has 1 aromatic carbocycles. The van der Waals surface area contributed by atoms with Gasteiger partial charge in [0, 0.05) is 0 Å². The monoisotopic (exact) mass is 233 g/mol. The highest BCUT2D eigenvalue weighted by Gasteiger charge is 2.19. The van der Waals surface area contributed by atoms with Gasteiger partial charge in [0.05, 0.1) is 6.07 Å². The molecule has 2 rings (SSSR count). The Morgan fingerprint density at radius 1 is 1.53 bits per heavy atom. The van der Waals surface area contributed by atoms with Crippen LogP contribution in [0.15, 0.2) is 18.2 Å². The van der Waals surface area contributed by atoms with E-state index < -0.39 is 11.8 Å². The number of hydrogen-bond donors (Lipinski definition) is 2. The molecule has 17 heavy (non-hydrogen) atoms. The third-order valence-electron chi connectivity index (χ3n) is 2.49. The molecule has 0 saturated carbocycles. The van der Waals surface area contributed by atoms with Gasteiger partial charge in [0.15, 0.2) is 11.5 Å². The molecule has 0 aromatic heterocycles. The summed E-state index contributed by atoms with van der Waals surface area (Å²) in [7, 11) is 0. The van der Waals surface area contributed by atoms with Gasteiger partial charge in [-0.1, -0.05) is 6.07 Å². The Bertz CT molecular complexity index is 481. The van der Waals surface area contributed by atoms with Crippen LogP contribution in [0.2, 0.25) is 0 Å². The zero-order chi connectivity index (χ0) is 12.3. The van der Waals surface area contributed by atoms with Crippen molar-refractivity contribution >= 4 is 5.91 Å². The fraction of sp³-hybridized carbons (Fsp3) is 0.273. The van der Waals surface area contributed by atoms with E-state index in [1.165, 1.54) is 0 Å². The van der Waals surface area contributed by atoms with Crippen LogP contribution in [0.4, 0.5) is 0 Å². The average molecular weight is 233 g/mol.